The number of allylic oxidation sites excluding steroid dienone is 1. The lowest BCUT2D eigenvalue weighted by atomic mass is 10.1. The van der Waals surface area contributed by atoms with Crippen molar-refractivity contribution in [3.63, 3.8) is 0 Å². The predicted octanol–water partition coefficient (Wildman–Crippen LogP) is 2.45. The molecule has 84 valence electrons. The lowest BCUT2D eigenvalue weighted by Crippen LogP contribution is -2.15. The topological polar surface area (TPSA) is 35.5 Å². The van der Waals surface area contributed by atoms with Crippen LogP contribution >= 0.6 is 0 Å². The minimum absolute atomic E-state index is 0.120. The van der Waals surface area contributed by atoms with Crippen LogP contribution in [0.1, 0.15) is 18.9 Å². The van der Waals surface area contributed by atoms with E-state index in [1.165, 1.54) is 0 Å². The second-order valence-electron chi connectivity index (χ2n) is 3.56. The Morgan fingerprint density at radius 3 is 2.81 bits per heavy atom. The average molecular weight is 218 g/mol. The molecule has 0 aromatic heterocycles. The van der Waals surface area contributed by atoms with Gasteiger partial charge in [0.05, 0.1) is 0 Å². The highest BCUT2D eigenvalue weighted by atomic mass is 16.6. The van der Waals surface area contributed by atoms with Crippen LogP contribution in [-0.4, -0.2) is 19.0 Å². The summed E-state index contributed by atoms with van der Waals surface area (Å²) in [6.45, 7) is 3.01. The highest BCUT2D eigenvalue weighted by molar-refractivity contribution is 5.93. The number of benzene rings is 1. The summed E-state index contributed by atoms with van der Waals surface area (Å²) in [5.41, 5.74) is 0.950. The molecule has 3 heteroatoms. The molecule has 1 heterocycles. The Kier molecular flexibility index (Phi) is 3.25. The van der Waals surface area contributed by atoms with Gasteiger partial charge in [-0.3, -0.25) is 4.79 Å². The third-order valence-electron chi connectivity index (χ3n) is 2.38. The highest BCUT2D eigenvalue weighted by Crippen LogP contribution is 2.31. The molecule has 3 nitrogen and oxygen atoms in total. The Labute approximate surface area is 94.7 Å². The lowest BCUT2D eigenvalue weighted by Gasteiger charge is -2.18. The van der Waals surface area contributed by atoms with Gasteiger partial charge in [0, 0.05) is 6.42 Å². The van der Waals surface area contributed by atoms with Gasteiger partial charge in [-0.2, -0.15) is 0 Å². The van der Waals surface area contributed by atoms with Crippen LogP contribution in [0.5, 0.6) is 11.5 Å². The summed E-state index contributed by atoms with van der Waals surface area (Å²) in [6, 6.07) is 5.66. The van der Waals surface area contributed by atoms with Crippen molar-refractivity contribution in [3.8, 4) is 11.5 Å². The van der Waals surface area contributed by atoms with Crippen LogP contribution in [0.4, 0.5) is 0 Å². The van der Waals surface area contributed by atoms with E-state index in [4.69, 9.17) is 9.47 Å². The van der Waals surface area contributed by atoms with E-state index < -0.39 is 0 Å². The Hall–Kier alpha value is -1.77. The van der Waals surface area contributed by atoms with E-state index in [-0.39, 0.29) is 5.78 Å². The fourth-order valence-corrected chi connectivity index (χ4v) is 1.47. The van der Waals surface area contributed by atoms with Crippen molar-refractivity contribution < 1.29 is 14.3 Å². The molecule has 1 aliphatic rings. The number of fused-ring (bicyclic) bond motifs is 1. The van der Waals surface area contributed by atoms with Crippen LogP contribution < -0.4 is 9.47 Å². The molecule has 0 fully saturated rings. The largest absolute Gasteiger partial charge is 0.486 e. The predicted molar refractivity (Wildman–Crippen MR) is 61.8 cm³/mol. The van der Waals surface area contributed by atoms with Gasteiger partial charge in [-0.25, -0.2) is 0 Å². The van der Waals surface area contributed by atoms with Crippen LogP contribution in [0.25, 0.3) is 6.08 Å². The summed E-state index contributed by atoms with van der Waals surface area (Å²) >= 11 is 0. The molecule has 0 amide bonds. The van der Waals surface area contributed by atoms with Crippen molar-refractivity contribution in [1.82, 2.24) is 0 Å². The minimum Gasteiger partial charge on any atom is -0.486 e. The van der Waals surface area contributed by atoms with Crippen molar-refractivity contribution in [2.75, 3.05) is 13.2 Å². The lowest BCUT2D eigenvalue weighted by molar-refractivity contribution is -0.114. The molecule has 0 unspecified atom stereocenters. The second kappa shape index (κ2) is 4.84. The van der Waals surface area contributed by atoms with Gasteiger partial charge in [0.25, 0.3) is 0 Å². The molecule has 0 N–H and O–H groups in total. The van der Waals surface area contributed by atoms with E-state index in [2.05, 4.69) is 0 Å². The van der Waals surface area contributed by atoms with Gasteiger partial charge in [-0.1, -0.05) is 19.1 Å². The molecule has 0 atom stereocenters. The van der Waals surface area contributed by atoms with Crippen LogP contribution in [0.15, 0.2) is 24.3 Å². The standard InChI is InChI=1S/C13H14O3/c1-2-11(14)5-3-10-4-6-12-13(9-10)16-8-7-15-12/h3-6,9H,2,7-8H2,1H3/b5-3+. The average Bonchev–Trinajstić information content (AvgIpc) is 2.35. The second-order valence-corrected chi connectivity index (χ2v) is 3.56. The third-order valence-corrected chi connectivity index (χ3v) is 2.38. The van der Waals surface area contributed by atoms with E-state index >= 15 is 0 Å². The van der Waals surface area contributed by atoms with Gasteiger partial charge >= 0.3 is 0 Å². The van der Waals surface area contributed by atoms with Crippen LogP contribution in [-0.2, 0) is 4.79 Å². The summed E-state index contributed by atoms with van der Waals surface area (Å²) in [5.74, 6) is 1.64. The van der Waals surface area contributed by atoms with E-state index in [1.807, 2.05) is 25.1 Å². The fraction of sp³-hybridized carbons (Fsp3) is 0.308. The van der Waals surface area contributed by atoms with Gasteiger partial charge in [0.15, 0.2) is 17.3 Å². The van der Waals surface area contributed by atoms with Crippen LogP contribution in [0.3, 0.4) is 0 Å². The first-order valence-corrected chi connectivity index (χ1v) is 5.40. The molecule has 0 bridgehead atoms. The number of ether oxygens (including phenoxy) is 2. The highest BCUT2D eigenvalue weighted by Gasteiger charge is 2.10. The maximum absolute atomic E-state index is 11.1. The molecule has 1 aliphatic heterocycles. The van der Waals surface area contributed by atoms with E-state index in [9.17, 15) is 4.79 Å². The normalized spacial score (nSPS) is 14.1. The monoisotopic (exact) mass is 218 g/mol. The number of carbonyl (C=O) groups excluding carboxylic acids is 1. The summed E-state index contributed by atoms with van der Waals surface area (Å²) in [6.07, 6.45) is 3.91. The van der Waals surface area contributed by atoms with E-state index in [0.717, 1.165) is 17.1 Å². The summed E-state index contributed by atoms with van der Waals surface area (Å²) in [5, 5.41) is 0. The molecule has 0 spiro atoms. The van der Waals surface area contributed by atoms with E-state index in [0.29, 0.717) is 19.6 Å². The van der Waals surface area contributed by atoms with Crippen LogP contribution in [0, 0.1) is 0 Å². The van der Waals surface area contributed by atoms with Gasteiger partial charge in [0.2, 0.25) is 0 Å². The molecule has 0 radical (unpaired) electrons. The third kappa shape index (κ3) is 2.42. The number of hydrogen-bond acceptors (Lipinski definition) is 3. The van der Waals surface area contributed by atoms with Crippen molar-refractivity contribution in [2.45, 2.75) is 13.3 Å². The van der Waals surface area contributed by atoms with Crippen molar-refractivity contribution in [2.24, 2.45) is 0 Å². The molecule has 0 saturated carbocycles. The molecular formula is C13H14O3. The van der Waals surface area contributed by atoms with Gasteiger partial charge < -0.3 is 9.47 Å². The Balaban J connectivity index is 2.17. The summed E-state index contributed by atoms with van der Waals surface area (Å²) in [7, 11) is 0. The Morgan fingerprint density at radius 2 is 2.06 bits per heavy atom. The van der Waals surface area contributed by atoms with Crippen molar-refractivity contribution >= 4 is 11.9 Å². The Morgan fingerprint density at radius 1 is 1.31 bits per heavy atom. The maximum Gasteiger partial charge on any atom is 0.161 e. The first-order chi connectivity index (χ1) is 7.79. The van der Waals surface area contributed by atoms with Gasteiger partial charge in [-0.05, 0) is 23.8 Å². The van der Waals surface area contributed by atoms with Gasteiger partial charge in [-0.15, -0.1) is 0 Å². The zero-order valence-corrected chi connectivity index (χ0v) is 9.23. The maximum atomic E-state index is 11.1. The molecular weight excluding hydrogens is 204 g/mol. The van der Waals surface area contributed by atoms with Crippen molar-refractivity contribution in [3.05, 3.63) is 29.8 Å². The SMILES string of the molecule is CCC(=O)/C=C/c1ccc2c(c1)OCCO2. The summed E-state index contributed by atoms with van der Waals surface area (Å²) in [4.78, 5) is 11.1. The van der Waals surface area contributed by atoms with Crippen LogP contribution in [0.2, 0.25) is 0 Å². The number of carbonyl (C=O) groups is 1. The van der Waals surface area contributed by atoms with Gasteiger partial charge in [0.1, 0.15) is 13.2 Å². The first kappa shape index (κ1) is 10.7. The Bertz CT molecular complexity index is 421. The smallest absolute Gasteiger partial charge is 0.161 e. The number of hydrogen-bond donors (Lipinski definition) is 0. The fourth-order valence-electron chi connectivity index (χ4n) is 1.47. The zero-order chi connectivity index (χ0) is 11.4. The molecule has 1 aromatic rings. The molecule has 2 rings (SSSR count). The molecule has 0 saturated heterocycles. The summed E-state index contributed by atoms with van der Waals surface area (Å²) < 4.78 is 10.9. The zero-order valence-electron chi connectivity index (χ0n) is 9.23. The van der Waals surface area contributed by atoms with E-state index in [1.54, 1.807) is 12.2 Å². The quantitative estimate of drug-likeness (QED) is 0.731. The minimum atomic E-state index is 0.120. The molecule has 16 heavy (non-hydrogen) atoms. The number of ketones is 1. The van der Waals surface area contributed by atoms with Crippen molar-refractivity contribution in [1.29, 1.82) is 0 Å². The number of rotatable bonds is 3. The first-order valence-electron chi connectivity index (χ1n) is 5.40. The molecule has 0 aliphatic carbocycles. The molecule has 1 aromatic carbocycles.